The molecule has 0 radical (unpaired) electrons. The molecule has 0 fully saturated rings. The third-order valence-corrected chi connectivity index (χ3v) is 5.11. The zero-order chi connectivity index (χ0) is 18.1. The second-order valence-electron chi connectivity index (χ2n) is 5.69. The van der Waals surface area contributed by atoms with Gasteiger partial charge in [-0.05, 0) is 43.4 Å². The van der Waals surface area contributed by atoms with Crippen LogP contribution in [0.1, 0.15) is 5.56 Å². The Morgan fingerprint density at radius 2 is 1.85 bits per heavy atom. The number of anilines is 2. The second kappa shape index (κ2) is 7.03. The molecule has 0 amide bonds. The van der Waals surface area contributed by atoms with Crippen molar-refractivity contribution in [2.24, 2.45) is 0 Å². The van der Waals surface area contributed by atoms with E-state index in [-0.39, 0.29) is 0 Å². The summed E-state index contributed by atoms with van der Waals surface area (Å²) in [6.45, 7) is 2.05. The molecule has 4 rings (SSSR count). The highest BCUT2D eigenvalue weighted by molar-refractivity contribution is 7.71. The maximum atomic E-state index is 5.94. The Morgan fingerprint density at radius 3 is 2.58 bits per heavy atom. The van der Waals surface area contributed by atoms with Gasteiger partial charge in [0.1, 0.15) is 0 Å². The number of aromatic amines is 1. The van der Waals surface area contributed by atoms with E-state index in [0.29, 0.717) is 15.7 Å². The van der Waals surface area contributed by atoms with E-state index in [9.17, 15) is 0 Å². The van der Waals surface area contributed by atoms with Gasteiger partial charge in [-0.2, -0.15) is 0 Å². The Kier molecular flexibility index (Phi) is 4.58. The maximum absolute atomic E-state index is 5.94. The Hall–Kier alpha value is -2.48. The summed E-state index contributed by atoms with van der Waals surface area (Å²) in [5, 5.41) is 13.8. The summed E-state index contributed by atoms with van der Waals surface area (Å²) in [6, 6.07) is 15.7. The van der Waals surface area contributed by atoms with Gasteiger partial charge in [0, 0.05) is 16.0 Å². The van der Waals surface area contributed by atoms with Crippen LogP contribution < -0.4 is 5.32 Å². The van der Waals surface area contributed by atoms with Gasteiger partial charge in [0.15, 0.2) is 5.13 Å². The molecule has 0 unspecified atom stereocenters. The van der Waals surface area contributed by atoms with E-state index in [1.807, 2.05) is 65.4 Å². The van der Waals surface area contributed by atoms with Gasteiger partial charge in [-0.1, -0.05) is 41.4 Å². The topological polar surface area (TPSA) is 58.5 Å². The number of nitrogens with zero attached hydrogens (tertiary/aromatic N) is 3. The highest BCUT2D eigenvalue weighted by atomic mass is 35.5. The van der Waals surface area contributed by atoms with E-state index < -0.39 is 0 Å². The van der Waals surface area contributed by atoms with Crippen molar-refractivity contribution in [3.63, 3.8) is 0 Å². The summed E-state index contributed by atoms with van der Waals surface area (Å²) >= 11 is 12.8. The van der Waals surface area contributed by atoms with Gasteiger partial charge in [0.25, 0.3) is 0 Å². The molecule has 0 aliphatic carbocycles. The van der Waals surface area contributed by atoms with Crippen LogP contribution in [0.3, 0.4) is 0 Å². The molecule has 8 heteroatoms. The minimum Gasteiger partial charge on any atom is -0.300 e. The Morgan fingerprint density at radius 1 is 1.12 bits per heavy atom. The van der Waals surface area contributed by atoms with Crippen molar-refractivity contribution in [3.8, 4) is 16.9 Å². The molecule has 4 aromatic rings. The number of nitrogens with one attached hydrogen (secondary N) is 2. The van der Waals surface area contributed by atoms with E-state index >= 15 is 0 Å². The third kappa shape index (κ3) is 3.41. The quantitative estimate of drug-likeness (QED) is 0.428. The monoisotopic (exact) mass is 399 g/mol. The Balaban J connectivity index is 1.64. The second-order valence-corrected chi connectivity index (χ2v) is 7.37. The van der Waals surface area contributed by atoms with Crippen molar-refractivity contribution in [2.45, 2.75) is 6.92 Å². The molecule has 5 nitrogen and oxygen atoms in total. The predicted molar refractivity (Wildman–Crippen MR) is 109 cm³/mol. The smallest absolute Gasteiger partial charge is 0.234 e. The van der Waals surface area contributed by atoms with Crippen LogP contribution in [0.4, 0.5) is 11.1 Å². The molecule has 0 aliphatic heterocycles. The predicted octanol–water partition coefficient (Wildman–Crippen LogP) is 5.76. The summed E-state index contributed by atoms with van der Waals surface area (Å²) < 4.78 is 2.36. The molecule has 130 valence electrons. The van der Waals surface area contributed by atoms with E-state index in [4.69, 9.17) is 23.8 Å². The molecule has 0 aliphatic rings. The molecule has 0 bridgehead atoms. The molecule has 2 N–H and O–H groups in total. The van der Waals surface area contributed by atoms with Gasteiger partial charge in [0.05, 0.1) is 11.4 Å². The first kappa shape index (κ1) is 17.0. The number of aromatic nitrogens is 4. The first-order valence-corrected chi connectivity index (χ1v) is 9.50. The molecule has 0 saturated heterocycles. The molecule has 0 atom stereocenters. The fourth-order valence-corrected chi connectivity index (χ4v) is 3.57. The summed E-state index contributed by atoms with van der Waals surface area (Å²) in [5.41, 5.74) is 4.01. The van der Waals surface area contributed by atoms with Crippen LogP contribution in [0.15, 0.2) is 53.9 Å². The van der Waals surface area contributed by atoms with Crippen LogP contribution in [0, 0.1) is 11.7 Å². The number of rotatable bonds is 4. The number of thiazole rings is 1. The Labute approximate surface area is 164 Å². The van der Waals surface area contributed by atoms with Crippen molar-refractivity contribution in [3.05, 3.63) is 69.3 Å². The zero-order valence-electron chi connectivity index (χ0n) is 13.7. The van der Waals surface area contributed by atoms with Gasteiger partial charge < -0.3 is 0 Å². The first-order valence-electron chi connectivity index (χ1n) is 7.83. The standard InChI is InChI=1S/C18H14ClN5S2/c1-11-2-8-14(9-3-11)24-16(22-23-18(24)25)21-17-20-15(10-26-17)12-4-6-13(19)7-5-12/h2-10H,1H3,(H,23,25)(H,20,21,22). The van der Waals surface area contributed by atoms with Crippen LogP contribution in [-0.4, -0.2) is 19.7 Å². The van der Waals surface area contributed by atoms with E-state index in [2.05, 4.69) is 20.5 Å². The fraction of sp³-hybridized carbons (Fsp3) is 0.0556. The lowest BCUT2D eigenvalue weighted by atomic mass is 10.2. The fourth-order valence-electron chi connectivity index (χ4n) is 2.49. The minimum atomic E-state index is 0.519. The molecule has 26 heavy (non-hydrogen) atoms. The van der Waals surface area contributed by atoms with Crippen molar-refractivity contribution < 1.29 is 0 Å². The van der Waals surface area contributed by atoms with Crippen molar-refractivity contribution in [2.75, 3.05) is 5.32 Å². The number of benzene rings is 2. The van der Waals surface area contributed by atoms with Gasteiger partial charge >= 0.3 is 0 Å². The molecule has 2 aromatic carbocycles. The molecule has 2 heterocycles. The summed E-state index contributed by atoms with van der Waals surface area (Å²) in [4.78, 5) is 4.63. The van der Waals surface area contributed by atoms with E-state index in [0.717, 1.165) is 22.1 Å². The largest absolute Gasteiger partial charge is 0.300 e. The number of aryl methyl sites for hydroxylation is 1. The van der Waals surface area contributed by atoms with Gasteiger partial charge in [-0.25, -0.2) is 10.1 Å². The van der Waals surface area contributed by atoms with Crippen molar-refractivity contribution in [1.82, 2.24) is 19.7 Å². The zero-order valence-corrected chi connectivity index (χ0v) is 16.1. The highest BCUT2D eigenvalue weighted by Crippen LogP contribution is 2.28. The van der Waals surface area contributed by atoms with Crippen LogP contribution in [0.5, 0.6) is 0 Å². The van der Waals surface area contributed by atoms with Crippen molar-refractivity contribution >= 4 is 46.2 Å². The normalized spacial score (nSPS) is 10.8. The molecular formula is C18H14ClN5S2. The summed E-state index contributed by atoms with van der Waals surface area (Å²) in [6.07, 6.45) is 0. The van der Waals surface area contributed by atoms with Crippen LogP contribution in [0.25, 0.3) is 16.9 Å². The lowest BCUT2D eigenvalue weighted by Gasteiger charge is -2.07. The Bertz CT molecular complexity index is 1090. The minimum absolute atomic E-state index is 0.519. The molecule has 0 saturated carbocycles. The molecule has 0 spiro atoms. The van der Waals surface area contributed by atoms with Crippen LogP contribution in [-0.2, 0) is 0 Å². The van der Waals surface area contributed by atoms with E-state index in [1.54, 1.807) is 0 Å². The van der Waals surface area contributed by atoms with Gasteiger partial charge in [-0.15, -0.1) is 16.4 Å². The number of hydrogen-bond acceptors (Lipinski definition) is 5. The average molecular weight is 400 g/mol. The maximum Gasteiger partial charge on any atom is 0.234 e. The average Bonchev–Trinajstić information content (AvgIpc) is 3.24. The van der Waals surface area contributed by atoms with Crippen molar-refractivity contribution in [1.29, 1.82) is 0 Å². The summed E-state index contributed by atoms with van der Waals surface area (Å²) in [5.74, 6) is 0.593. The lowest BCUT2D eigenvalue weighted by molar-refractivity contribution is 1.03. The van der Waals surface area contributed by atoms with Gasteiger partial charge in [-0.3, -0.25) is 9.88 Å². The molecular weight excluding hydrogens is 386 g/mol. The SMILES string of the molecule is Cc1ccc(-n2c(Nc3nc(-c4ccc(Cl)cc4)cs3)n[nH]c2=S)cc1. The highest BCUT2D eigenvalue weighted by Gasteiger charge is 2.11. The number of H-pyrrole nitrogens is 1. The van der Waals surface area contributed by atoms with Crippen LogP contribution >= 0.6 is 35.2 Å². The van der Waals surface area contributed by atoms with E-state index in [1.165, 1.54) is 16.9 Å². The number of halogens is 1. The lowest BCUT2D eigenvalue weighted by Crippen LogP contribution is -2.01. The number of hydrogen-bond donors (Lipinski definition) is 2. The van der Waals surface area contributed by atoms with Gasteiger partial charge in [0.2, 0.25) is 10.7 Å². The third-order valence-electron chi connectivity index (χ3n) is 3.83. The molecule has 2 aromatic heterocycles. The first-order chi connectivity index (χ1) is 12.6. The van der Waals surface area contributed by atoms with Crippen LogP contribution in [0.2, 0.25) is 5.02 Å². The summed E-state index contributed by atoms with van der Waals surface area (Å²) in [7, 11) is 0.